The summed E-state index contributed by atoms with van der Waals surface area (Å²) in [5.41, 5.74) is 9.85. The van der Waals surface area contributed by atoms with E-state index < -0.39 is 46.2 Å². The van der Waals surface area contributed by atoms with Gasteiger partial charge < -0.3 is 32.1 Å². The highest BCUT2D eigenvalue weighted by atomic mass is 32.1. The third-order valence-corrected chi connectivity index (χ3v) is 6.54. The predicted molar refractivity (Wildman–Crippen MR) is 115 cm³/mol. The second-order valence-electron chi connectivity index (χ2n) is 8.18. The molecular formula is C21H21N3O6S. The zero-order valence-electron chi connectivity index (χ0n) is 16.6. The molecule has 10 heteroatoms. The minimum atomic E-state index is -2.50. The number of aliphatic hydroxyl groups excluding tert-OH is 2. The molecule has 1 aromatic rings. The van der Waals surface area contributed by atoms with Crippen molar-refractivity contribution in [2.24, 2.45) is 23.3 Å². The van der Waals surface area contributed by atoms with E-state index in [4.69, 9.17) is 23.7 Å². The van der Waals surface area contributed by atoms with Crippen LogP contribution in [-0.2, 0) is 20.8 Å². The monoisotopic (exact) mass is 443 g/mol. The van der Waals surface area contributed by atoms with Crippen molar-refractivity contribution in [3.63, 3.8) is 0 Å². The molecule has 0 aliphatic heterocycles. The summed E-state index contributed by atoms with van der Waals surface area (Å²) in [6, 6.07) is 3.49. The number of hydrogen-bond donors (Lipinski definition) is 6. The highest BCUT2D eigenvalue weighted by molar-refractivity contribution is 7.80. The predicted octanol–water partition coefficient (Wildman–Crippen LogP) is 0.682. The van der Waals surface area contributed by atoms with Gasteiger partial charge in [-0.05, 0) is 55.1 Å². The van der Waals surface area contributed by atoms with Crippen LogP contribution < -0.4 is 16.8 Å². The summed E-state index contributed by atoms with van der Waals surface area (Å²) < 4.78 is 0. The van der Waals surface area contributed by atoms with Gasteiger partial charge in [0.2, 0.25) is 5.78 Å². The molecular weight excluding hydrogens is 422 g/mol. The fraction of sp³-hybridized carbons (Fsp3) is 0.333. The first-order chi connectivity index (χ1) is 14.5. The molecule has 4 rings (SSSR count). The van der Waals surface area contributed by atoms with Crippen molar-refractivity contribution < 1.29 is 29.7 Å². The molecule has 162 valence electrons. The van der Waals surface area contributed by atoms with Crippen LogP contribution in [0.2, 0.25) is 0 Å². The van der Waals surface area contributed by atoms with E-state index in [0.717, 1.165) is 0 Å². The van der Waals surface area contributed by atoms with Crippen molar-refractivity contribution in [2.75, 3.05) is 5.32 Å². The number of thiocarbonyl (C=S) groups is 1. The standard InChI is InChI=1S/C21H21N3O6S/c1-7-2-3-11(24-20(23)31)10-5-8-4-9-6-12(25)15(19(22)29)18(28)21(9,30)17(27)14(8)16(26)13(7)10/h2-3,8-9,26,28,30H,4-6H2,1H3,(H2,22,29)(H3,23,24,31)/t8?,9?,21-/m1/s1. The van der Waals surface area contributed by atoms with Gasteiger partial charge in [0.15, 0.2) is 16.5 Å². The van der Waals surface area contributed by atoms with Crippen molar-refractivity contribution in [1.82, 2.24) is 0 Å². The molecule has 1 aromatic carbocycles. The van der Waals surface area contributed by atoms with Crippen molar-refractivity contribution >= 4 is 46.3 Å². The van der Waals surface area contributed by atoms with Crippen LogP contribution >= 0.6 is 12.2 Å². The first-order valence-electron chi connectivity index (χ1n) is 9.64. The summed E-state index contributed by atoms with van der Waals surface area (Å²) >= 11 is 4.92. The number of hydrogen-bond acceptors (Lipinski definition) is 7. The number of aryl methyl sites for hydroxylation is 1. The van der Waals surface area contributed by atoms with Gasteiger partial charge >= 0.3 is 0 Å². The van der Waals surface area contributed by atoms with Gasteiger partial charge in [-0.2, -0.15) is 0 Å². The number of nitrogens with two attached hydrogens (primary N) is 2. The molecule has 8 N–H and O–H groups in total. The van der Waals surface area contributed by atoms with Gasteiger partial charge in [0.05, 0.1) is 0 Å². The fourth-order valence-electron chi connectivity index (χ4n) is 5.07. The van der Waals surface area contributed by atoms with E-state index in [1.54, 1.807) is 19.1 Å². The van der Waals surface area contributed by atoms with Gasteiger partial charge in [0, 0.05) is 29.2 Å². The zero-order chi connectivity index (χ0) is 22.8. The Kier molecular flexibility index (Phi) is 4.67. The number of rotatable bonds is 2. The summed E-state index contributed by atoms with van der Waals surface area (Å²) in [6.07, 6.45) is 0.123. The highest BCUT2D eigenvalue weighted by Gasteiger charge is 2.60. The lowest BCUT2D eigenvalue weighted by molar-refractivity contribution is -0.147. The quantitative estimate of drug-likeness (QED) is 0.283. The number of carbonyl (C=O) groups excluding carboxylic acids is 3. The molecule has 9 nitrogen and oxygen atoms in total. The molecule has 0 saturated heterocycles. The van der Waals surface area contributed by atoms with Crippen LogP contribution in [0.15, 0.2) is 29.0 Å². The number of Topliss-reactive ketones (excluding diaryl/α,β-unsaturated/α-hetero) is 2. The maximum atomic E-state index is 13.4. The first-order valence-corrected chi connectivity index (χ1v) is 10.1. The van der Waals surface area contributed by atoms with Crippen LogP contribution in [-0.4, -0.2) is 43.5 Å². The molecule has 0 aromatic heterocycles. The van der Waals surface area contributed by atoms with Gasteiger partial charge in [0.1, 0.15) is 17.1 Å². The third-order valence-electron chi connectivity index (χ3n) is 6.44. The number of carbonyl (C=O) groups is 3. The highest BCUT2D eigenvalue weighted by Crippen LogP contribution is 2.51. The molecule has 1 fully saturated rings. The minimum Gasteiger partial charge on any atom is -0.508 e. The Bertz CT molecular complexity index is 1150. The van der Waals surface area contributed by atoms with Crippen molar-refractivity contribution in [3.8, 4) is 0 Å². The first kappa shape index (κ1) is 21.0. The average molecular weight is 443 g/mol. The van der Waals surface area contributed by atoms with Crippen LogP contribution in [0.3, 0.4) is 0 Å². The van der Waals surface area contributed by atoms with Crippen LogP contribution in [0.4, 0.5) is 5.69 Å². The van der Waals surface area contributed by atoms with Crippen LogP contribution in [0.5, 0.6) is 0 Å². The Labute approximate surface area is 182 Å². The topological polar surface area (TPSA) is 176 Å². The SMILES string of the molecule is Cc1ccc(NC(N)=S)c2c1C(O)=C1C(=O)[C@@]3(O)C(O)=C(C(N)=O)C(=O)CC3CC1C2. The number of benzene rings is 1. The van der Waals surface area contributed by atoms with Crippen LogP contribution in [0.1, 0.15) is 29.5 Å². The number of aliphatic hydroxyl groups is 3. The van der Waals surface area contributed by atoms with Gasteiger partial charge in [-0.15, -0.1) is 0 Å². The van der Waals surface area contributed by atoms with E-state index in [2.05, 4.69) is 5.32 Å². The number of amides is 1. The van der Waals surface area contributed by atoms with Crippen molar-refractivity contribution in [2.45, 2.75) is 31.8 Å². The summed E-state index contributed by atoms with van der Waals surface area (Å²) in [5, 5.41) is 35.8. The largest absolute Gasteiger partial charge is 0.508 e. The summed E-state index contributed by atoms with van der Waals surface area (Å²) in [5.74, 6) is -5.74. The summed E-state index contributed by atoms with van der Waals surface area (Å²) in [7, 11) is 0. The Morgan fingerprint density at radius 3 is 2.52 bits per heavy atom. The summed E-state index contributed by atoms with van der Waals surface area (Å²) in [4.78, 5) is 37.4. The summed E-state index contributed by atoms with van der Waals surface area (Å²) in [6.45, 7) is 1.76. The van der Waals surface area contributed by atoms with E-state index in [1.165, 1.54) is 0 Å². The lowest BCUT2D eigenvalue weighted by Crippen LogP contribution is -2.58. The Hall–Kier alpha value is -3.24. The average Bonchev–Trinajstić information content (AvgIpc) is 2.66. The van der Waals surface area contributed by atoms with Gasteiger partial charge in [0.25, 0.3) is 5.91 Å². The molecule has 0 spiro atoms. The molecule has 31 heavy (non-hydrogen) atoms. The number of primary amides is 1. The minimum absolute atomic E-state index is 0.0429. The molecule has 1 saturated carbocycles. The molecule has 3 aliphatic carbocycles. The van der Waals surface area contributed by atoms with E-state index in [9.17, 15) is 29.7 Å². The van der Waals surface area contributed by atoms with Gasteiger partial charge in [-0.1, -0.05) is 6.07 Å². The zero-order valence-corrected chi connectivity index (χ0v) is 17.4. The van der Waals surface area contributed by atoms with Crippen molar-refractivity contribution in [3.05, 3.63) is 45.7 Å². The third kappa shape index (κ3) is 2.86. The van der Waals surface area contributed by atoms with Crippen molar-refractivity contribution in [1.29, 1.82) is 0 Å². The Balaban J connectivity index is 1.92. The van der Waals surface area contributed by atoms with E-state index in [1.807, 2.05) is 0 Å². The molecule has 0 bridgehead atoms. The fourth-order valence-corrected chi connectivity index (χ4v) is 5.18. The maximum absolute atomic E-state index is 13.4. The smallest absolute Gasteiger partial charge is 0.255 e. The van der Waals surface area contributed by atoms with Gasteiger partial charge in [-0.3, -0.25) is 14.4 Å². The van der Waals surface area contributed by atoms with Crippen LogP contribution in [0, 0.1) is 18.8 Å². The number of ketones is 2. The lowest BCUT2D eigenvalue weighted by Gasteiger charge is -2.46. The molecule has 3 aliphatic rings. The second-order valence-corrected chi connectivity index (χ2v) is 8.62. The van der Waals surface area contributed by atoms with Crippen LogP contribution in [0.25, 0.3) is 5.76 Å². The number of fused-ring (bicyclic) bond motifs is 3. The molecule has 0 radical (unpaired) electrons. The van der Waals surface area contributed by atoms with E-state index in [-0.39, 0.29) is 29.3 Å². The maximum Gasteiger partial charge on any atom is 0.255 e. The van der Waals surface area contributed by atoms with E-state index >= 15 is 0 Å². The Morgan fingerprint density at radius 1 is 1.23 bits per heavy atom. The molecule has 0 heterocycles. The Morgan fingerprint density at radius 2 is 1.90 bits per heavy atom. The molecule has 2 unspecified atom stereocenters. The lowest BCUT2D eigenvalue weighted by atomic mass is 9.59. The molecule has 3 atom stereocenters. The van der Waals surface area contributed by atoms with Gasteiger partial charge in [-0.25, -0.2) is 0 Å². The number of nitrogens with one attached hydrogen (secondary N) is 1. The van der Waals surface area contributed by atoms with E-state index in [0.29, 0.717) is 28.8 Å². The second kappa shape index (κ2) is 6.89. The normalized spacial score (nSPS) is 27.4. The molecule has 1 amide bonds. The number of anilines is 1.